The van der Waals surface area contributed by atoms with Crippen LogP contribution in [0.15, 0.2) is 70.0 Å². The van der Waals surface area contributed by atoms with Gasteiger partial charge in [-0.1, -0.05) is 47.5 Å². The average molecular weight is 473 g/mol. The molecule has 0 radical (unpaired) electrons. The molecule has 4 rings (SSSR count). The molecule has 1 saturated heterocycles. The molecule has 1 aliphatic heterocycles. The first kappa shape index (κ1) is 21.2. The van der Waals surface area contributed by atoms with E-state index in [1.54, 1.807) is 54.6 Å². The first-order chi connectivity index (χ1) is 14.9. The largest absolute Gasteiger partial charge is 0.457 e. The summed E-state index contributed by atoms with van der Waals surface area (Å²) < 4.78 is 5.75. The van der Waals surface area contributed by atoms with E-state index in [1.807, 2.05) is 6.07 Å². The Morgan fingerprint density at radius 2 is 1.81 bits per heavy atom. The van der Waals surface area contributed by atoms with Gasteiger partial charge in [-0.05, 0) is 48.2 Å². The Kier molecular flexibility index (Phi) is 6.18. The highest BCUT2D eigenvalue weighted by Gasteiger charge is 2.36. The number of rotatable bonds is 5. The third kappa shape index (κ3) is 4.69. The molecule has 9 heteroatoms. The molecule has 0 spiro atoms. The van der Waals surface area contributed by atoms with E-state index in [2.05, 4.69) is 5.32 Å². The van der Waals surface area contributed by atoms with E-state index >= 15 is 0 Å². The highest BCUT2D eigenvalue weighted by molar-refractivity contribution is 8.18. The van der Waals surface area contributed by atoms with E-state index in [0.29, 0.717) is 32.8 Å². The van der Waals surface area contributed by atoms with Crippen molar-refractivity contribution in [3.05, 3.63) is 81.4 Å². The van der Waals surface area contributed by atoms with Crippen LogP contribution in [-0.2, 0) is 9.59 Å². The lowest BCUT2D eigenvalue weighted by Crippen LogP contribution is -2.36. The second kappa shape index (κ2) is 9.01. The van der Waals surface area contributed by atoms with E-state index in [9.17, 15) is 14.4 Å². The van der Waals surface area contributed by atoms with Crippen LogP contribution in [0, 0.1) is 0 Å². The fourth-order valence-electron chi connectivity index (χ4n) is 2.90. The van der Waals surface area contributed by atoms with Gasteiger partial charge >= 0.3 is 0 Å². The van der Waals surface area contributed by atoms with Gasteiger partial charge in [0.25, 0.3) is 11.1 Å². The standard InChI is InChI=1S/C22H14Cl2N2O4S/c23-16-8-4-7-15(20(16)24)17-10-9-14(30-17)11-18-21(28)26(22(29)31-18)12-19(27)25-13-5-2-1-3-6-13/h1-11H,12H2,(H,25,27)/b18-11+. The van der Waals surface area contributed by atoms with Crippen LogP contribution in [0.5, 0.6) is 0 Å². The third-order valence-electron chi connectivity index (χ3n) is 4.35. The van der Waals surface area contributed by atoms with Gasteiger partial charge in [0.1, 0.15) is 18.1 Å². The maximum Gasteiger partial charge on any atom is 0.294 e. The number of hydrogen-bond donors (Lipinski definition) is 1. The van der Waals surface area contributed by atoms with Crippen LogP contribution in [0.25, 0.3) is 17.4 Å². The van der Waals surface area contributed by atoms with Gasteiger partial charge in [-0.25, -0.2) is 0 Å². The highest BCUT2D eigenvalue weighted by Crippen LogP contribution is 2.36. The molecule has 1 aliphatic rings. The van der Waals surface area contributed by atoms with Gasteiger partial charge in [0.15, 0.2) is 0 Å². The van der Waals surface area contributed by atoms with Crippen molar-refractivity contribution in [2.45, 2.75) is 0 Å². The molecule has 3 amide bonds. The number of hydrogen-bond acceptors (Lipinski definition) is 5. The molecule has 6 nitrogen and oxygen atoms in total. The van der Waals surface area contributed by atoms with Gasteiger partial charge in [-0.3, -0.25) is 19.3 Å². The summed E-state index contributed by atoms with van der Waals surface area (Å²) in [6.07, 6.45) is 1.46. The smallest absolute Gasteiger partial charge is 0.294 e. The fourth-order valence-corrected chi connectivity index (χ4v) is 4.11. The van der Waals surface area contributed by atoms with Crippen LogP contribution in [0.3, 0.4) is 0 Å². The van der Waals surface area contributed by atoms with E-state index < -0.39 is 17.1 Å². The molecule has 3 aromatic rings. The summed E-state index contributed by atoms with van der Waals surface area (Å²) in [5, 5.41) is 2.88. The predicted molar refractivity (Wildman–Crippen MR) is 122 cm³/mol. The zero-order chi connectivity index (χ0) is 22.0. The molecule has 0 saturated carbocycles. The van der Waals surface area contributed by atoms with Crippen LogP contribution in [0.4, 0.5) is 10.5 Å². The van der Waals surface area contributed by atoms with Crippen molar-refractivity contribution in [3.8, 4) is 11.3 Å². The van der Waals surface area contributed by atoms with Gasteiger partial charge < -0.3 is 9.73 Å². The minimum Gasteiger partial charge on any atom is -0.457 e. The number of nitrogens with zero attached hydrogens (tertiary/aromatic N) is 1. The molecular weight excluding hydrogens is 459 g/mol. The monoisotopic (exact) mass is 472 g/mol. The molecule has 1 aromatic heterocycles. The molecule has 0 atom stereocenters. The van der Waals surface area contributed by atoms with Crippen LogP contribution in [0.2, 0.25) is 10.0 Å². The molecule has 31 heavy (non-hydrogen) atoms. The van der Waals surface area contributed by atoms with E-state index in [0.717, 1.165) is 16.7 Å². The molecule has 0 bridgehead atoms. The first-order valence-electron chi connectivity index (χ1n) is 9.07. The zero-order valence-electron chi connectivity index (χ0n) is 15.8. The molecule has 1 fully saturated rings. The first-order valence-corrected chi connectivity index (χ1v) is 10.6. The van der Waals surface area contributed by atoms with Crippen LogP contribution >= 0.6 is 35.0 Å². The lowest BCUT2D eigenvalue weighted by atomic mass is 10.2. The summed E-state index contributed by atoms with van der Waals surface area (Å²) in [4.78, 5) is 38.2. The SMILES string of the molecule is O=C(CN1C(=O)S/C(=C/c2ccc(-c3cccc(Cl)c3Cl)o2)C1=O)Nc1ccccc1. The van der Waals surface area contributed by atoms with E-state index in [1.165, 1.54) is 6.08 Å². The Labute approximate surface area is 191 Å². The number of imide groups is 1. The summed E-state index contributed by atoms with van der Waals surface area (Å²) in [7, 11) is 0. The van der Waals surface area contributed by atoms with Crippen molar-refractivity contribution < 1.29 is 18.8 Å². The van der Waals surface area contributed by atoms with Crippen molar-refractivity contribution in [2.75, 3.05) is 11.9 Å². The molecule has 2 heterocycles. The Hall–Kier alpha value is -3.00. The summed E-state index contributed by atoms with van der Waals surface area (Å²) >= 11 is 13.0. The molecular formula is C22H14Cl2N2O4S. The molecule has 156 valence electrons. The van der Waals surface area contributed by atoms with Crippen LogP contribution in [0.1, 0.15) is 5.76 Å². The predicted octanol–water partition coefficient (Wildman–Crippen LogP) is 5.93. The quantitative estimate of drug-likeness (QED) is 0.465. The van der Waals surface area contributed by atoms with E-state index in [-0.39, 0.29) is 11.4 Å². The lowest BCUT2D eigenvalue weighted by Gasteiger charge is -2.12. The number of para-hydroxylation sites is 1. The van der Waals surface area contributed by atoms with Crippen molar-refractivity contribution in [1.29, 1.82) is 0 Å². The zero-order valence-corrected chi connectivity index (χ0v) is 18.1. The number of amides is 3. The number of halogens is 2. The number of nitrogens with one attached hydrogen (secondary N) is 1. The molecule has 0 unspecified atom stereocenters. The number of thioether (sulfide) groups is 1. The Bertz CT molecular complexity index is 1210. The minimum atomic E-state index is -0.558. The summed E-state index contributed by atoms with van der Waals surface area (Å²) in [6, 6.07) is 17.3. The average Bonchev–Trinajstić information content (AvgIpc) is 3.31. The third-order valence-corrected chi connectivity index (χ3v) is 6.08. The van der Waals surface area contributed by atoms with Crippen LogP contribution in [-0.4, -0.2) is 28.5 Å². The lowest BCUT2D eigenvalue weighted by molar-refractivity contribution is -0.127. The van der Waals surface area contributed by atoms with Gasteiger partial charge in [-0.15, -0.1) is 0 Å². The van der Waals surface area contributed by atoms with Gasteiger partial charge in [0.05, 0.1) is 15.0 Å². The van der Waals surface area contributed by atoms with Crippen molar-refractivity contribution >= 4 is 63.8 Å². The molecule has 0 aliphatic carbocycles. The van der Waals surface area contributed by atoms with Gasteiger partial charge in [0, 0.05) is 17.3 Å². The number of carbonyl (C=O) groups is 3. The number of anilines is 1. The van der Waals surface area contributed by atoms with Crippen molar-refractivity contribution in [1.82, 2.24) is 4.90 Å². The van der Waals surface area contributed by atoms with Crippen molar-refractivity contribution in [2.24, 2.45) is 0 Å². The van der Waals surface area contributed by atoms with Crippen molar-refractivity contribution in [3.63, 3.8) is 0 Å². The normalized spacial score (nSPS) is 15.0. The topological polar surface area (TPSA) is 79.6 Å². The van der Waals surface area contributed by atoms with Gasteiger partial charge in [-0.2, -0.15) is 0 Å². The number of benzene rings is 2. The Morgan fingerprint density at radius 1 is 1.03 bits per heavy atom. The Morgan fingerprint density at radius 3 is 2.58 bits per heavy atom. The second-order valence-corrected chi connectivity index (χ2v) is 8.26. The highest BCUT2D eigenvalue weighted by atomic mass is 35.5. The second-order valence-electron chi connectivity index (χ2n) is 6.49. The summed E-state index contributed by atoms with van der Waals surface area (Å²) in [6.45, 7) is -0.377. The van der Waals surface area contributed by atoms with Gasteiger partial charge in [0.2, 0.25) is 5.91 Å². The Balaban J connectivity index is 1.48. The number of furan rings is 1. The molecule has 2 aromatic carbocycles. The summed E-state index contributed by atoms with van der Waals surface area (Å²) in [5.74, 6) is -0.187. The maximum atomic E-state index is 12.6. The minimum absolute atomic E-state index is 0.163. The van der Waals surface area contributed by atoms with Crippen LogP contribution < -0.4 is 5.32 Å². The number of carbonyl (C=O) groups excluding carboxylic acids is 3. The summed E-state index contributed by atoms with van der Waals surface area (Å²) in [5.41, 5.74) is 1.19. The van der Waals surface area contributed by atoms with E-state index in [4.69, 9.17) is 27.6 Å². The maximum absolute atomic E-state index is 12.6. The fraction of sp³-hybridized carbons (Fsp3) is 0.0455. The molecule has 1 N–H and O–H groups in total.